The predicted molar refractivity (Wildman–Crippen MR) is 163 cm³/mol. The van der Waals surface area contributed by atoms with Gasteiger partial charge in [-0.05, 0) is 40.4 Å². The topological polar surface area (TPSA) is 112 Å². The molecular formula is C28H43N3O6SSi2. The van der Waals surface area contributed by atoms with Crippen molar-refractivity contribution in [2.45, 2.75) is 100 Å². The van der Waals surface area contributed by atoms with E-state index in [1.54, 1.807) is 36.5 Å². The van der Waals surface area contributed by atoms with Crippen LogP contribution >= 0.6 is 11.8 Å². The Hall–Kier alpha value is -1.81. The van der Waals surface area contributed by atoms with Crippen molar-refractivity contribution < 1.29 is 22.9 Å². The molecule has 3 heterocycles. The lowest BCUT2D eigenvalue weighted by atomic mass is 10.1. The van der Waals surface area contributed by atoms with Crippen LogP contribution in [0.3, 0.4) is 0 Å². The standard InChI is InChI=1S/C28H43N3O6SSi2/c1-17(2)39(18(3)4)35-16-22-25(36-40(37-39,19(5)6)20(7)8)24(32)27(38-22)31-15-14-23(30-28(31)34)29-26(33)21-12-10-9-11-13-21/h9-15,17-20,22,24-25,27,32H,16H2,1-8H3,(H,29,30,33,34)/t22-,24-,25-,27-/m1/s1. The molecule has 2 fully saturated rings. The lowest BCUT2D eigenvalue weighted by Gasteiger charge is -2.51. The molecule has 1 aromatic heterocycles. The first-order valence-electron chi connectivity index (χ1n) is 14.1. The predicted octanol–water partition coefficient (Wildman–Crippen LogP) is 5.43. The van der Waals surface area contributed by atoms with Crippen LogP contribution in [0.2, 0.25) is 22.2 Å². The number of aliphatic hydroxyl groups is 1. The van der Waals surface area contributed by atoms with Crippen LogP contribution in [0.5, 0.6) is 0 Å². The molecule has 220 valence electrons. The third kappa shape index (κ3) is 5.76. The summed E-state index contributed by atoms with van der Waals surface area (Å²) in [7, 11) is -5.61. The van der Waals surface area contributed by atoms with Gasteiger partial charge in [-0.1, -0.05) is 73.6 Å². The van der Waals surface area contributed by atoms with Crippen molar-refractivity contribution in [2.75, 3.05) is 11.9 Å². The monoisotopic (exact) mass is 605 g/mol. The maximum absolute atomic E-state index is 13.2. The summed E-state index contributed by atoms with van der Waals surface area (Å²) in [5.74, 6) is -0.196. The van der Waals surface area contributed by atoms with E-state index in [-0.39, 0.29) is 39.1 Å². The molecule has 2 aliphatic rings. The third-order valence-corrected chi connectivity index (χ3v) is 19.8. The molecule has 2 aromatic rings. The summed E-state index contributed by atoms with van der Waals surface area (Å²) in [6.07, 6.45) is 0.0506. The van der Waals surface area contributed by atoms with E-state index in [2.05, 4.69) is 65.7 Å². The quantitative estimate of drug-likeness (QED) is 0.402. The van der Waals surface area contributed by atoms with Crippen LogP contribution in [-0.4, -0.2) is 61.8 Å². The number of aromatic nitrogens is 2. The Morgan fingerprint density at radius 1 is 1.00 bits per heavy atom. The van der Waals surface area contributed by atoms with Crippen LogP contribution < -0.4 is 11.0 Å². The minimum atomic E-state index is -2.90. The zero-order valence-corrected chi connectivity index (χ0v) is 27.5. The zero-order valence-electron chi connectivity index (χ0n) is 24.7. The molecule has 0 spiro atoms. The van der Waals surface area contributed by atoms with Crippen LogP contribution in [0.25, 0.3) is 0 Å². The zero-order chi connectivity index (χ0) is 29.4. The maximum Gasteiger partial charge on any atom is 0.350 e. The molecule has 0 radical (unpaired) electrons. The molecule has 40 heavy (non-hydrogen) atoms. The number of anilines is 1. The van der Waals surface area contributed by atoms with E-state index in [9.17, 15) is 14.7 Å². The summed E-state index contributed by atoms with van der Waals surface area (Å²) < 4.78 is 22.5. The summed E-state index contributed by atoms with van der Waals surface area (Å²) in [6.45, 7) is 17.6. The van der Waals surface area contributed by atoms with E-state index in [4.69, 9.17) is 13.0 Å². The van der Waals surface area contributed by atoms with Gasteiger partial charge in [0, 0.05) is 11.8 Å². The molecule has 2 saturated heterocycles. The van der Waals surface area contributed by atoms with Gasteiger partial charge in [-0.2, -0.15) is 4.98 Å². The molecule has 4 atom stereocenters. The molecule has 0 aliphatic carbocycles. The summed E-state index contributed by atoms with van der Waals surface area (Å²) >= 11 is 1.48. The number of thioether (sulfide) groups is 1. The van der Waals surface area contributed by atoms with E-state index >= 15 is 0 Å². The number of benzene rings is 1. The van der Waals surface area contributed by atoms with Crippen LogP contribution in [0.1, 0.15) is 71.1 Å². The number of carbonyl (C=O) groups excluding carboxylic acids is 1. The molecule has 0 bridgehead atoms. The number of nitrogens with zero attached hydrogens (tertiary/aromatic N) is 2. The Balaban J connectivity index is 1.64. The van der Waals surface area contributed by atoms with Gasteiger partial charge in [0.15, 0.2) is 0 Å². The second-order valence-electron chi connectivity index (χ2n) is 11.9. The average molecular weight is 606 g/mol. The van der Waals surface area contributed by atoms with Gasteiger partial charge in [0.25, 0.3) is 5.91 Å². The highest BCUT2D eigenvalue weighted by Crippen LogP contribution is 2.51. The molecule has 12 heteroatoms. The highest BCUT2D eigenvalue weighted by Gasteiger charge is 2.61. The number of rotatable bonds is 7. The van der Waals surface area contributed by atoms with E-state index in [1.165, 1.54) is 16.3 Å². The lowest BCUT2D eigenvalue weighted by molar-refractivity contribution is -0.00912. The van der Waals surface area contributed by atoms with E-state index < -0.39 is 40.4 Å². The minimum absolute atomic E-state index is 0.132. The van der Waals surface area contributed by atoms with Gasteiger partial charge in [-0.3, -0.25) is 9.36 Å². The Bertz CT molecular complexity index is 1230. The van der Waals surface area contributed by atoms with Crippen molar-refractivity contribution in [1.29, 1.82) is 0 Å². The second-order valence-corrected chi connectivity index (χ2v) is 22.1. The third-order valence-electron chi connectivity index (χ3n) is 8.02. The number of nitrogens with one attached hydrogen (secondary N) is 1. The number of amides is 1. The SMILES string of the molecule is CC(C)[Si]1(C(C)C)OC[C@H]2S[C@@H](n3ccc(NC(=O)c4ccccc4)nc3=O)[C@H](O)[C@@H]2O[Si](C(C)C)(C(C)C)O1. The summed E-state index contributed by atoms with van der Waals surface area (Å²) in [5, 5.41) is 13.5. The van der Waals surface area contributed by atoms with Crippen molar-refractivity contribution in [2.24, 2.45) is 0 Å². The first kappa shape index (κ1) is 31.1. The first-order chi connectivity index (χ1) is 18.8. The molecule has 0 unspecified atom stereocenters. The lowest BCUT2D eigenvalue weighted by Crippen LogP contribution is -2.65. The highest BCUT2D eigenvalue weighted by atomic mass is 32.2. The second kappa shape index (κ2) is 12.2. The van der Waals surface area contributed by atoms with Gasteiger partial charge in [0.05, 0.1) is 18.0 Å². The van der Waals surface area contributed by atoms with Gasteiger partial charge in [-0.25, -0.2) is 4.79 Å². The fraction of sp³-hybridized carbons (Fsp3) is 0.607. The summed E-state index contributed by atoms with van der Waals surface area (Å²) in [4.78, 5) is 29.8. The first-order valence-corrected chi connectivity index (χ1v) is 19.0. The molecule has 4 rings (SSSR count). The van der Waals surface area contributed by atoms with Crippen molar-refractivity contribution in [1.82, 2.24) is 9.55 Å². The van der Waals surface area contributed by atoms with Crippen LogP contribution in [0, 0.1) is 0 Å². The van der Waals surface area contributed by atoms with Crippen LogP contribution in [0.4, 0.5) is 5.82 Å². The van der Waals surface area contributed by atoms with Gasteiger partial charge in [0.1, 0.15) is 17.3 Å². The molecule has 9 nitrogen and oxygen atoms in total. The number of aliphatic hydroxyl groups excluding tert-OH is 1. The van der Waals surface area contributed by atoms with Gasteiger partial charge >= 0.3 is 22.8 Å². The van der Waals surface area contributed by atoms with E-state index in [0.29, 0.717) is 12.2 Å². The molecule has 1 aromatic carbocycles. The van der Waals surface area contributed by atoms with Gasteiger partial charge < -0.3 is 23.4 Å². The van der Waals surface area contributed by atoms with Gasteiger partial charge in [0.2, 0.25) is 0 Å². The summed E-state index contributed by atoms with van der Waals surface area (Å²) in [6, 6.07) is 10.3. The molecule has 0 saturated carbocycles. The molecule has 1 amide bonds. The van der Waals surface area contributed by atoms with Gasteiger partial charge in [-0.15, -0.1) is 11.8 Å². The Kier molecular flexibility index (Phi) is 9.50. The summed E-state index contributed by atoms with van der Waals surface area (Å²) in [5.41, 5.74) is 0.610. The Morgan fingerprint density at radius 3 is 2.15 bits per heavy atom. The van der Waals surface area contributed by atoms with E-state index in [1.807, 2.05) is 6.07 Å². The Labute approximate surface area is 243 Å². The fourth-order valence-corrected chi connectivity index (χ4v) is 18.8. The fourth-order valence-electron chi connectivity index (χ4n) is 5.82. The van der Waals surface area contributed by atoms with Crippen molar-refractivity contribution in [3.63, 3.8) is 0 Å². The van der Waals surface area contributed by atoms with Crippen LogP contribution in [-0.2, 0) is 13.0 Å². The van der Waals surface area contributed by atoms with Crippen LogP contribution in [0.15, 0.2) is 47.4 Å². The van der Waals surface area contributed by atoms with E-state index in [0.717, 1.165) is 0 Å². The molecule has 2 N–H and O–H groups in total. The van der Waals surface area contributed by atoms with Crippen molar-refractivity contribution >= 4 is 40.6 Å². The maximum atomic E-state index is 13.2. The molecular weight excluding hydrogens is 563 g/mol. The minimum Gasteiger partial charge on any atom is -0.414 e. The number of fused-ring (bicyclic) bond motifs is 1. The van der Waals surface area contributed by atoms with Crippen molar-refractivity contribution in [3.05, 3.63) is 58.6 Å². The highest BCUT2D eigenvalue weighted by molar-refractivity contribution is 8.00. The number of hydrogen-bond acceptors (Lipinski definition) is 8. The normalized spacial score (nSPS) is 26.1. The largest absolute Gasteiger partial charge is 0.414 e. The van der Waals surface area contributed by atoms with Crippen molar-refractivity contribution in [3.8, 4) is 0 Å². The smallest absolute Gasteiger partial charge is 0.350 e. The number of hydrogen-bond donors (Lipinski definition) is 2. The average Bonchev–Trinajstić information content (AvgIpc) is 3.18. The Morgan fingerprint density at radius 2 is 1.60 bits per heavy atom. The molecule has 2 aliphatic heterocycles. The number of carbonyl (C=O) groups is 1.